The molecule has 1 atom stereocenters. The van der Waals surface area contributed by atoms with Crippen molar-refractivity contribution in [2.45, 2.75) is 25.9 Å². The van der Waals surface area contributed by atoms with E-state index in [9.17, 15) is 9.13 Å². The van der Waals surface area contributed by atoms with Crippen LogP contribution in [0.15, 0.2) is 24.3 Å². The lowest BCUT2D eigenvalue weighted by atomic mass is 10.2. The van der Waals surface area contributed by atoms with E-state index >= 15 is 0 Å². The lowest BCUT2D eigenvalue weighted by Gasteiger charge is -2.33. The van der Waals surface area contributed by atoms with Crippen LogP contribution in [0.4, 0.5) is 5.69 Å². The van der Waals surface area contributed by atoms with Gasteiger partial charge in [0.25, 0.3) is 5.08 Å². The molecule has 1 aromatic rings. The molecule has 118 valence electrons. The zero-order valence-electron chi connectivity index (χ0n) is 12.4. The molecule has 0 saturated carbocycles. The minimum absolute atomic E-state index is 0.149. The average Bonchev–Trinajstić information content (AvgIpc) is 2.46. The van der Waals surface area contributed by atoms with E-state index in [0.29, 0.717) is 11.3 Å². The van der Waals surface area contributed by atoms with Crippen LogP contribution in [-0.2, 0) is 28.0 Å². The monoisotopic (exact) mass is 333 g/mol. The summed E-state index contributed by atoms with van der Waals surface area (Å²) in [5.41, 5.74) is 6.63. The van der Waals surface area contributed by atoms with E-state index in [2.05, 4.69) is 0 Å². The van der Waals surface area contributed by atoms with Gasteiger partial charge in [0.15, 0.2) is 0 Å². The van der Waals surface area contributed by atoms with Crippen molar-refractivity contribution in [3.8, 4) is 0 Å². The fourth-order valence-corrected chi connectivity index (χ4v) is 4.94. The van der Waals surface area contributed by atoms with Crippen LogP contribution in [0.1, 0.15) is 26.3 Å². The molecule has 0 aliphatic carbocycles. The van der Waals surface area contributed by atoms with Gasteiger partial charge in [-0.15, -0.1) is 0 Å². The molecule has 21 heavy (non-hydrogen) atoms. The molecule has 6 nitrogen and oxygen atoms in total. The molecule has 8 heteroatoms. The number of hydrogen-bond acceptors (Lipinski definition) is 6. The van der Waals surface area contributed by atoms with E-state index in [1.54, 1.807) is 45.0 Å². The van der Waals surface area contributed by atoms with Crippen molar-refractivity contribution in [2.24, 2.45) is 0 Å². The number of hydrogen-bond donors (Lipinski definition) is 1. The van der Waals surface area contributed by atoms with E-state index in [0.717, 1.165) is 0 Å². The summed E-state index contributed by atoms with van der Waals surface area (Å²) in [4.78, 5) is 0. The van der Waals surface area contributed by atoms with E-state index in [4.69, 9.17) is 19.5 Å². The van der Waals surface area contributed by atoms with Crippen LogP contribution < -0.4 is 5.73 Å². The molecule has 0 fully saturated rings. The third kappa shape index (κ3) is 3.71. The summed E-state index contributed by atoms with van der Waals surface area (Å²) in [5, 5.41) is -1.69. The number of benzene rings is 1. The van der Waals surface area contributed by atoms with Gasteiger partial charge < -0.3 is 19.5 Å². The Hall–Kier alpha value is -0.770. The lowest BCUT2D eigenvalue weighted by molar-refractivity contribution is 0.0505. The number of nitrogen functional groups attached to an aromatic ring is 1. The molecule has 0 aromatic heterocycles. The summed E-state index contributed by atoms with van der Waals surface area (Å²) in [6.07, 6.45) is 0. The molecule has 0 bridgehead atoms. The summed E-state index contributed by atoms with van der Waals surface area (Å²) in [5.74, 6) is 0. The molecule has 0 saturated heterocycles. The summed E-state index contributed by atoms with van der Waals surface area (Å²) in [7, 11) is -4.30. The Morgan fingerprint density at radius 2 is 1.62 bits per heavy atom. The van der Waals surface area contributed by atoms with Crippen molar-refractivity contribution in [1.29, 1.82) is 0 Å². The summed E-state index contributed by atoms with van der Waals surface area (Å²) in [6, 6.07) is 6.47. The van der Waals surface area contributed by atoms with Crippen molar-refractivity contribution >= 4 is 21.7 Å². The Labute approximate surface area is 126 Å². The smallest absolute Gasteiger partial charge is 0.378 e. The van der Waals surface area contributed by atoms with Crippen LogP contribution in [0.3, 0.4) is 0 Å². The van der Waals surface area contributed by atoms with Gasteiger partial charge in [-0.05, 0) is 32.9 Å². The third-order valence-corrected chi connectivity index (χ3v) is 6.67. The molecule has 1 aromatic carbocycles. The minimum atomic E-state index is -3.80. The van der Waals surface area contributed by atoms with Crippen LogP contribution >= 0.6 is 16.1 Å². The van der Waals surface area contributed by atoms with E-state index in [-0.39, 0.29) is 19.8 Å². The zero-order chi connectivity index (χ0) is 15.9. The Balaban J connectivity index is 3.46. The maximum absolute atomic E-state index is 13.1. The molecule has 1 rings (SSSR count). The highest BCUT2D eigenvalue weighted by atomic mass is 31.2. The van der Waals surface area contributed by atoms with Gasteiger partial charge in [0.1, 0.15) is 0 Å². The predicted molar refractivity (Wildman–Crippen MR) is 82.6 cm³/mol. The van der Waals surface area contributed by atoms with Crippen LogP contribution in [0.5, 0.6) is 0 Å². The standard InChI is InChI=1S/C13H21NO5P2/c1-4-17-13(20-15,11-7-9-12(14)10-8-11)21(16,18-5-2)19-6-3/h7-10H,4-6,14H2,1-3H3. The molecule has 0 spiro atoms. The van der Waals surface area contributed by atoms with Gasteiger partial charge in [-0.3, -0.25) is 9.13 Å². The van der Waals surface area contributed by atoms with Gasteiger partial charge in [-0.2, -0.15) is 0 Å². The summed E-state index contributed by atoms with van der Waals surface area (Å²) >= 11 is 0. The minimum Gasteiger partial charge on any atom is -0.399 e. The SMILES string of the molecule is CCOC(P=O)(c1ccc(N)cc1)P(=O)(OCC)OCC. The number of rotatable bonds is 9. The second kappa shape index (κ2) is 8.02. The Kier molecular flexibility index (Phi) is 6.98. The van der Waals surface area contributed by atoms with Gasteiger partial charge >= 0.3 is 7.60 Å². The molecule has 0 amide bonds. The molecule has 0 aliphatic rings. The van der Waals surface area contributed by atoms with Crippen molar-refractivity contribution in [1.82, 2.24) is 0 Å². The van der Waals surface area contributed by atoms with E-state index in [1.165, 1.54) is 0 Å². The van der Waals surface area contributed by atoms with Crippen LogP contribution in [-0.4, -0.2) is 19.8 Å². The first-order valence-electron chi connectivity index (χ1n) is 6.73. The second-order valence-corrected chi connectivity index (χ2v) is 7.39. The Bertz CT molecular complexity index is 498. The molecule has 2 N–H and O–H groups in total. The maximum Gasteiger partial charge on any atom is 0.378 e. The highest BCUT2D eigenvalue weighted by Crippen LogP contribution is 2.70. The maximum atomic E-state index is 13.1. The van der Waals surface area contributed by atoms with Gasteiger partial charge in [-0.25, -0.2) is 0 Å². The van der Waals surface area contributed by atoms with Gasteiger partial charge in [-0.1, -0.05) is 12.1 Å². The number of anilines is 1. The van der Waals surface area contributed by atoms with Gasteiger partial charge in [0, 0.05) is 17.9 Å². The van der Waals surface area contributed by atoms with Crippen molar-refractivity contribution < 1.29 is 22.9 Å². The lowest BCUT2D eigenvalue weighted by Crippen LogP contribution is -2.26. The highest BCUT2D eigenvalue weighted by molar-refractivity contribution is 7.64. The topological polar surface area (TPSA) is 87.9 Å². The molecular formula is C13H21NO5P2. The molecule has 0 aliphatic heterocycles. The fraction of sp³-hybridized carbons (Fsp3) is 0.538. The molecule has 1 unspecified atom stereocenters. The first-order chi connectivity index (χ1) is 9.99. The predicted octanol–water partition coefficient (Wildman–Crippen LogP) is 3.97. The highest BCUT2D eigenvalue weighted by Gasteiger charge is 2.55. The second-order valence-electron chi connectivity index (χ2n) is 4.09. The third-order valence-electron chi connectivity index (χ3n) is 2.73. The Morgan fingerprint density at radius 1 is 1.10 bits per heavy atom. The van der Waals surface area contributed by atoms with Crippen molar-refractivity contribution in [2.75, 3.05) is 25.6 Å². The zero-order valence-corrected chi connectivity index (χ0v) is 14.2. The van der Waals surface area contributed by atoms with E-state index < -0.39 is 21.1 Å². The number of ether oxygens (including phenoxy) is 1. The Morgan fingerprint density at radius 3 is 2.00 bits per heavy atom. The van der Waals surface area contributed by atoms with Gasteiger partial charge in [0.2, 0.25) is 8.46 Å². The summed E-state index contributed by atoms with van der Waals surface area (Å²) < 4.78 is 41.3. The largest absolute Gasteiger partial charge is 0.399 e. The van der Waals surface area contributed by atoms with Gasteiger partial charge in [0.05, 0.1) is 13.2 Å². The van der Waals surface area contributed by atoms with Crippen molar-refractivity contribution in [3.63, 3.8) is 0 Å². The quantitative estimate of drug-likeness (QED) is 0.543. The molecule has 0 heterocycles. The van der Waals surface area contributed by atoms with Crippen molar-refractivity contribution in [3.05, 3.63) is 29.8 Å². The molecule has 0 radical (unpaired) electrons. The fourth-order valence-electron chi connectivity index (χ4n) is 1.90. The normalized spacial score (nSPS) is 15.0. The van der Waals surface area contributed by atoms with Crippen LogP contribution in [0.2, 0.25) is 0 Å². The van der Waals surface area contributed by atoms with E-state index in [1.807, 2.05) is 0 Å². The first-order valence-corrected chi connectivity index (χ1v) is 9.08. The first kappa shape index (κ1) is 18.3. The van der Waals surface area contributed by atoms with Crippen LogP contribution in [0.25, 0.3) is 0 Å². The number of nitrogens with two attached hydrogens (primary N) is 1. The molecular weight excluding hydrogens is 312 g/mol. The summed E-state index contributed by atoms with van der Waals surface area (Å²) in [6.45, 7) is 5.59. The average molecular weight is 333 g/mol. The van der Waals surface area contributed by atoms with Crippen LogP contribution in [0, 0.1) is 0 Å².